The van der Waals surface area contributed by atoms with Crippen molar-refractivity contribution in [2.45, 2.75) is 13.3 Å². The van der Waals surface area contributed by atoms with Crippen LogP contribution in [-0.4, -0.2) is 10.9 Å². The fraction of sp³-hybridized carbons (Fsp3) is 0.125. The molecule has 3 aromatic rings. The number of carbonyl (C=O) groups is 1. The molecule has 0 spiro atoms. The zero-order valence-electron chi connectivity index (χ0n) is 11.4. The Morgan fingerprint density at radius 3 is 3.00 bits per heavy atom. The molecule has 0 aliphatic heterocycles. The van der Waals surface area contributed by atoms with Crippen molar-refractivity contribution in [2.24, 2.45) is 0 Å². The van der Waals surface area contributed by atoms with E-state index in [1.54, 1.807) is 24.6 Å². The summed E-state index contributed by atoms with van der Waals surface area (Å²) < 4.78 is 5.48. The van der Waals surface area contributed by atoms with E-state index in [-0.39, 0.29) is 12.3 Å². The van der Waals surface area contributed by atoms with Crippen LogP contribution >= 0.6 is 11.6 Å². The number of benzene rings is 1. The lowest BCUT2D eigenvalue weighted by Crippen LogP contribution is -2.14. The van der Waals surface area contributed by atoms with Gasteiger partial charge in [0.1, 0.15) is 11.4 Å². The molecule has 1 aromatic carbocycles. The first kappa shape index (κ1) is 13.6. The van der Waals surface area contributed by atoms with Crippen LogP contribution in [0.4, 0.5) is 5.82 Å². The molecule has 1 amide bonds. The van der Waals surface area contributed by atoms with Gasteiger partial charge in [-0.3, -0.25) is 4.79 Å². The third kappa shape index (κ3) is 2.90. The zero-order valence-corrected chi connectivity index (χ0v) is 12.1. The summed E-state index contributed by atoms with van der Waals surface area (Å²) in [4.78, 5) is 16.1. The van der Waals surface area contributed by atoms with Crippen LogP contribution in [-0.2, 0) is 11.2 Å². The predicted octanol–water partition coefficient (Wildman–Crippen LogP) is 3.97. The van der Waals surface area contributed by atoms with Gasteiger partial charge in [0.25, 0.3) is 0 Å². The molecule has 1 N–H and O–H groups in total. The molecule has 2 aromatic heterocycles. The molecule has 106 valence electrons. The number of pyridine rings is 1. The fourth-order valence-electron chi connectivity index (χ4n) is 2.14. The first-order valence-electron chi connectivity index (χ1n) is 6.50. The summed E-state index contributed by atoms with van der Waals surface area (Å²) in [5, 5.41) is 4.27. The van der Waals surface area contributed by atoms with E-state index in [1.807, 2.05) is 25.1 Å². The number of nitrogens with zero attached hydrogens (tertiary/aromatic N) is 1. The highest BCUT2D eigenvalue weighted by molar-refractivity contribution is 6.32. The molecule has 21 heavy (non-hydrogen) atoms. The smallest absolute Gasteiger partial charge is 0.230 e. The van der Waals surface area contributed by atoms with E-state index >= 15 is 0 Å². The molecule has 0 aliphatic rings. The third-order valence-electron chi connectivity index (χ3n) is 3.22. The zero-order chi connectivity index (χ0) is 14.8. The lowest BCUT2D eigenvalue weighted by molar-refractivity contribution is -0.115. The number of furan rings is 1. The molecule has 2 heterocycles. The van der Waals surface area contributed by atoms with Gasteiger partial charge < -0.3 is 9.73 Å². The highest BCUT2D eigenvalue weighted by atomic mass is 35.5. The Hall–Kier alpha value is -2.33. The number of rotatable bonds is 3. The van der Waals surface area contributed by atoms with Crippen LogP contribution in [0.15, 0.2) is 47.2 Å². The Kier molecular flexibility index (Phi) is 3.62. The van der Waals surface area contributed by atoms with E-state index in [0.717, 1.165) is 22.1 Å². The molecule has 4 nitrogen and oxygen atoms in total. The number of hydrogen-bond acceptors (Lipinski definition) is 3. The predicted molar refractivity (Wildman–Crippen MR) is 82.5 cm³/mol. The topological polar surface area (TPSA) is 55.1 Å². The van der Waals surface area contributed by atoms with Crippen molar-refractivity contribution >= 4 is 34.3 Å². The number of halogens is 1. The first-order valence-corrected chi connectivity index (χ1v) is 6.88. The number of amides is 1. The number of aryl methyl sites for hydroxylation is 1. The van der Waals surface area contributed by atoms with E-state index < -0.39 is 0 Å². The average molecular weight is 301 g/mol. The van der Waals surface area contributed by atoms with E-state index in [9.17, 15) is 4.79 Å². The van der Waals surface area contributed by atoms with Crippen molar-refractivity contribution in [3.05, 3.63) is 58.9 Å². The van der Waals surface area contributed by atoms with Crippen LogP contribution in [0.3, 0.4) is 0 Å². The molecule has 0 fully saturated rings. The third-order valence-corrected chi connectivity index (χ3v) is 3.63. The van der Waals surface area contributed by atoms with Gasteiger partial charge in [-0.2, -0.15) is 0 Å². The number of hydrogen-bond donors (Lipinski definition) is 1. The fourth-order valence-corrected chi connectivity index (χ4v) is 2.30. The molecule has 5 heteroatoms. The Balaban J connectivity index is 1.82. The van der Waals surface area contributed by atoms with Gasteiger partial charge in [-0.15, -0.1) is 0 Å². The van der Waals surface area contributed by atoms with Crippen molar-refractivity contribution in [3.63, 3.8) is 0 Å². The Bertz CT molecular complexity index is 797. The monoisotopic (exact) mass is 300 g/mol. The largest absolute Gasteiger partial charge is 0.464 e. The Labute approximate surface area is 126 Å². The second-order valence-corrected chi connectivity index (χ2v) is 5.21. The van der Waals surface area contributed by atoms with Crippen LogP contribution in [0.2, 0.25) is 5.02 Å². The molecule has 0 bridgehead atoms. The summed E-state index contributed by atoms with van der Waals surface area (Å²) in [6, 6.07) is 9.06. The maximum atomic E-state index is 12.0. The number of carbonyl (C=O) groups excluding carboxylic acids is 1. The summed E-state index contributed by atoms with van der Waals surface area (Å²) in [7, 11) is 0. The average Bonchev–Trinajstić information content (AvgIpc) is 2.83. The molecule has 0 unspecified atom stereocenters. The van der Waals surface area contributed by atoms with Crippen LogP contribution in [0, 0.1) is 6.92 Å². The summed E-state index contributed by atoms with van der Waals surface area (Å²) in [5.41, 5.74) is 2.49. The van der Waals surface area contributed by atoms with Crippen LogP contribution in [0.25, 0.3) is 11.0 Å². The highest BCUT2D eigenvalue weighted by Crippen LogP contribution is 2.28. The van der Waals surface area contributed by atoms with Crippen LogP contribution in [0.5, 0.6) is 0 Å². The lowest BCUT2D eigenvalue weighted by atomic mass is 10.1. The highest BCUT2D eigenvalue weighted by Gasteiger charge is 2.12. The van der Waals surface area contributed by atoms with E-state index in [0.29, 0.717) is 10.8 Å². The van der Waals surface area contributed by atoms with Gasteiger partial charge in [0.15, 0.2) is 0 Å². The second-order valence-electron chi connectivity index (χ2n) is 4.80. The molecule has 3 rings (SSSR count). The minimum absolute atomic E-state index is 0.145. The molecule has 0 radical (unpaired) electrons. The summed E-state index contributed by atoms with van der Waals surface area (Å²) in [5.74, 6) is 0.386. The lowest BCUT2D eigenvalue weighted by Gasteiger charge is -2.03. The SMILES string of the molecule is Cc1cc2occ(CC(=O)Nc3ccccn3)c2cc1Cl. The summed E-state index contributed by atoms with van der Waals surface area (Å²) >= 11 is 6.13. The van der Waals surface area contributed by atoms with Gasteiger partial charge in [-0.25, -0.2) is 4.98 Å². The number of nitrogens with one attached hydrogen (secondary N) is 1. The van der Waals surface area contributed by atoms with Crippen molar-refractivity contribution in [1.82, 2.24) is 4.98 Å². The molecule has 0 aliphatic carbocycles. The van der Waals surface area contributed by atoms with E-state index in [1.165, 1.54) is 0 Å². The number of anilines is 1. The van der Waals surface area contributed by atoms with Crippen molar-refractivity contribution in [3.8, 4) is 0 Å². The van der Waals surface area contributed by atoms with Crippen molar-refractivity contribution in [2.75, 3.05) is 5.32 Å². The second kappa shape index (κ2) is 5.58. The Morgan fingerprint density at radius 1 is 1.38 bits per heavy atom. The van der Waals surface area contributed by atoms with Gasteiger partial charge in [-0.05, 0) is 36.8 Å². The number of fused-ring (bicyclic) bond motifs is 1. The van der Waals surface area contributed by atoms with Crippen molar-refractivity contribution in [1.29, 1.82) is 0 Å². The Morgan fingerprint density at radius 2 is 2.24 bits per heavy atom. The van der Waals surface area contributed by atoms with Gasteiger partial charge in [0.2, 0.25) is 5.91 Å². The molecule has 0 atom stereocenters. The standard InChI is InChI=1S/C16H13ClN2O2/c1-10-6-14-12(8-13(10)17)11(9-21-14)7-16(20)19-15-4-2-3-5-18-15/h2-6,8-9H,7H2,1H3,(H,18,19,20). The van der Waals surface area contributed by atoms with E-state index in [4.69, 9.17) is 16.0 Å². The summed E-state index contributed by atoms with van der Waals surface area (Å²) in [6.45, 7) is 1.91. The molecule has 0 saturated heterocycles. The molecule has 0 saturated carbocycles. The van der Waals surface area contributed by atoms with Gasteiger partial charge in [0, 0.05) is 22.2 Å². The normalized spacial score (nSPS) is 10.8. The minimum atomic E-state index is -0.145. The first-order chi connectivity index (χ1) is 10.1. The maximum Gasteiger partial charge on any atom is 0.230 e. The van der Waals surface area contributed by atoms with Gasteiger partial charge in [-0.1, -0.05) is 17.7 Å². The minimum Gasteiger partial charge on any atom is -0.464 e. The van der Waals surface area contributed by atoms with Gasteiger partial charge in [0.05, 0.1) is 12.7 Å². The van der Waals surface area contributed by atoms with Crippen LogP contribution in [0.1, 0.15) is 11.1 Å². The van der Waals surface area contributed by atoms with E-state index in [2.05, 4.69) is 10.3 Å². The summed E-state index contributed by atoms with van der Waals surface area (Å²) in [6.07, 6.45) is 3.44. The number of aromatic nitrogens is 1. The van der Waals surface area contributed by atoms with Crippen LogP contribution < -0.4 is 5.32 Å². The quantitative estimate of drug-likeness (QED) is 0.796. The molecular weight excluding hydrogens is 288 g/mol. The maximum absolute atomic E-state index is 12.0. The van der Waals surface area contributed by atoms with Gasteiger partial charge >= 0.3 is 0 Å². The molecular formula is C16H13ClN2O2. The van der Waals surface area contributed by atoms with Crippen molar-refractivity contribution < 1.29 is 9.21 Å².